The normalized spacial score (nSPS) is 12.0. The summed E-state index contributed by atoms with van der Waals surface area (Å²) < 4.78 is 12.7. The van der Waals surface area contributed by atoms with Gasteiger partial charge in [0, 0.05) is 19.6 Å². The molecule has 0 spiro atoms. The molecule has 0 saturated carbocycles. The van der Waals surface area contributed by atoms with Gasteiger partial charge in [0.1, 0.15) is 5.67 Å². The molecule has 0 saturated heterocycles. The molecule has 2 nitrogen and oxygen atoms in total. The molecule has 0 bridgehead atoms. The van der Waals surface area contributed by atoms with E-state index >= 15 is 0 Å². The van der Waals surface area contributed by atoms with Gasteiger partial charge < -0.3 is 10.6 Å². The van der Waals surface area contributed by atoms with Crippen LogP contribution in [0.15, 0.2) is 0 Å². The zero-order valence-corrected chi connectivity index (χ0v) is 7.00. The summed E-state index contributed by atoms with van der Waals surface area (Å²) in [4.78, 5) is 0. The van der Waals surface area contributed by atoms with Gasteiger partial charge in [-0.05, 0) is 20.9 Å². The molecule has 0 amide bonds. The molecule has 2 N–H and O–H groups in total. The predicted octanol–water partition coefficient (Wildman–Crippen LogP) is 0.543. The SMILES string of the molecule is CNCCNCC(C)(C)F. The van der Waals surface area contributed by atoms with Crippen molar-refractivity contribution in [2.75, 3.05) is 26.7 Å². The number of halogens is 1. The van der Waals surface area contributed by atoms with Crippen LogP contribution in [-0.4, -0.2) is 32.4 Å². The van der Waals surface area contributed by atoms with Crippen molar-refractivity contribution in [1.29, 1.82) is 0 Å². The van der Waals surface area contributed by atoms with E-state index in [1.165, 1.54) is 0 Å². The van der Waals surface area contributed by atoms with Gasteiger partial charge in [-0.3, -0.25) is 0 Å². The van der Waals surface area contributed by atoms with E-state index in [-0.39, 0.29) is 0 Å². The number of likely N-dealkylation sites (N-methyl/N-ethyl adjacent to an activating group) is 1. The highest BCUT2D eigenvalue weighted by molar-refractivity contribution is 4.68. The Morgan fingerprint density at radius 2 is 1.90 bits per heavy atom. The van der Waals surface area contributed by atoms with Gasteiger partial charge in [0.05, 0.1) is 0 Å². The molecule has 0 fully saturated rings. The average Bonchev–Trinajstić information content (AvgIpc) is 1.78. The topological polar surface area (TPSA) is 24.1 Å². The van der Waals surface area contributed by atoms with Crippen molar-refractivity contribution < 1.29 is 4.39 Å². The van der Waals surface area contributed by atoms with E-state index in [0.717, 1.165) is 13.1 Å². The maximum absolute atomic E-state index is 12.7. The van der Waals surface area contributed by atoms with E-state index in [2.05, 4.69) is 10.6 Å². The summed E-state index contributed by atoms with van der Waals surface area (Å²) in [6.45, 7) is 5.27. The van der Waals surface area contributed by atoms with Gasteiger partial charge >= 0.3 is 0 Å². The highest BCUT2D eigenvalue weighted by atomic mass is 19.1. The van der Waals surface area contributed by atoms with E-state index in [0.29, 0.717) is 6.54 Å². The van der Waals surface area contributed by atoms with Gasteiger partial charge in [0.15, 0.2) is 0 Å². The molecule has 3 heteroatoms. The molecule has 0 unspecified atom stereocenters. The lowest BCUT2D eigenvalue weighted by atomic mass is 10.2. The van der Waals surface area contributed by atoms with Crippen molar-refractivity contribution in [1.82, 2.24) is 10.6 Å². The minimum Gasteiger partial charge on any atom is -0.318 e. The number of hydrogen-bond donors (Lipinski definition) is 2. The Bertz CT molecular complexity index is 78.2. The van der Waals surface area contributed by atoms with Crippen LogP contribution in [0.5, 0.6) is 0 Å². The van der Waals surface area contributed by atoms with Crippen LogP contribution >= 0.6 is 0 Å². The molecular formula is C7H17FN2. The summed E-state index contributed by atoms with van der Waals surface area (Å²) in [5.74, 6) is 0. The second-order valence-electron chi connectivity index (χ2n) is 3.00. The lowest BCUT2D eigenvalue weighted by molar-refractivity contribution is 0.211. The molecular weight excluding hydrogens is 131 g/mol. The van der Waals surface area contributed by atoms with E-state index in [9.17, 15) is 4.39 Å². The summed E-state index contributed by atoms with van der Waals surface area (Å²) in [5, 5.41) is 5.96. The molecule has 0 radical (unpaired) electrons. The maximum atomic E-state index is 12.7. The summed E-state index contributed by atoms with van der Waals surface area (Å²) in [5.41, 5.74) is -1.09. The lowest BCUT2D eigenvalue weighted by Crippen LogP contribution is -2.34. The van der Waals surface area contributed by atoms with Crippen molar-refractivity contribution >= 4 is 0 Å². The molecule has 0 aromatic heterocycles. The van der Waals surface area contributed by atoms with Crippen LogP contribution in [0.3, 0.4) is 0 Å². The molecule has 62 valence electrons. The van der Waals surface area contributed by atoms with E-state index in [4.69, 9.17) is 0 Å². The Hall–Kier alpha value is -0.150. The van der Waals surface area contributed by atoms with E-state index in [1.54, 1.807) is 13.8 Å². The van der Waals surface area contributed by atoms with Crippen LogP contribution in [0.4, 0.5) is 4.39 Å². The second-order valence-corrected chi connectivity index (χ2v) is 3.00. The van der Waals surface area contributed by atoms with Gasteiger partial charge in [-0.2, -0.15) is 0 Å². The van der Waals surface area contributed by atoms with Crippen LogP contribution < -0.4 is 10.6 Å². The quantitative estimate of drug-likeness (QED) is 0.556. The maximum Gasteiger partial charge on any atom is 0.117 e. The number of hydrogen-bond acceptors (Lipinski definition) is 2. The fourth-order valence-electron chi connectivity index (χ4n) is 0.599. The van der Waals surface area contributed by atoms with E-state index in [1.807, 2.05) is 7.05 Å². The van der Waals surface area contributed by atoms with Crippen LogP contribution in [-0.2, 0) is 0 Å². The van der Waals surface area contributed by atoms with Crippen molar-refractivity contribution in [3.8, 4) is 0 Å². The number of alkyl halides is 1. The van der Waals surface area contributed by atoms with Crippen LogP contribution in [0.2, 0.25) is 0 Å². The zero-order valence-electron chi connectivity index (χ0n) is 7.00. The standard InChI is InChI=1S/C7H17FN2/c1-7(2,8)6-10-5-4-9-3/h9-10H,4-6H2,1-3H3. The summed E-state index contributed by atoms with van der Waals surface area (Å²) >= 11 is 0. The monoisotopic (exact) mass is 148 g/mol. The van der Waals surface area contributed by atoms with Crippen molar-refractivity contribution in [2.24, 2.45) is 0 Å². The molecule has 0 atom stereocenters. The molecule has 0 aromatic rings. The Balaban J connectivity index is 3.04. The Morgan fingerprint density at radius 3 is 2.30 bits per heavy atom. The van der Waals surface area contributed by atoms with Gasteiger partial charge in [-0.1, -0.05) is 0 Å². The second kappa shape index (κ2) is 4.63. The molecule has 10 heavy (non-hydrogen) atoms. The minimum atomic E-state index is -1.09. The third-order valence-electron chi connectivity index (χ3n) is 1.10. The fourth-order valence-corrected chi connectivity index (χ4v) is 0.599. The first-order chi connectivity index (χ1) is 4.56. The molecule has 0 aliphatic rings. The van der Waals surface area contributed by atoms with Crippen LogP contribution in [0.25, 0.3) is 0 Å². The average molecular weight is 148 g/mol. The molecule has 0 aliphatic carbocycles. The molecule has 0 aromatic carbocycles. The Morgan fingerprint density at radius 1 is 1.30 bits per heavy atom. The smallest absolute Gasteiger partial charge is 0.117 e. The molecule has 0 aliphatic heterocycles. The lowest BCUT2D eigenvalue weighted by Gasteiger charge is -2.14. The fraction of sp³-hybridized carbons (Fsp3) is 1.00. The van der Waals surface area contributed by atoms with E-state index < -0.39 is 5.67 Å². The summed E-state index contributed by atoms with van der Waals surface area (Å²) in [7, 11) is 1.88. The number of rotatable bonds is 5. The van der Waals surface area contributed by atoms with Crippen molar-refractivity contribution in [2.45, 2.75) is 19.5 Å². The first-order valence-electron chi connectivity index (χ1n) is 3.60. The van der Waals surface area contributed by atoms with Crippen LogP contribution in [0.1, 0.15) is 13.8 Å². The number of nitrogens with one attached hydrogen (secondary N) is 2. The highest BCUT2D eigenvalue weighted by Crippen LogP contribution is 2.04. The highest BCUT2D eigenvalue weighted by Gasteiger charge is 2.13. The largest absolute Gasteiger partial charge is 0.318 e. The summed E-state index contributed by atoms with van der Waals surface area (Å²) in [6.07, 6.45) is 0. The first kappa shape index (κ1) is 9.85. The van der Waals surface area contributed by atoms with Crippen molar-refractivity contribution in [3.63, 3.8) is 0 Å². The van der Waals surface area contributed by atoms with Gasteiger partial charge in [0.2, 0.25) is 0 Å². The third kappa shape index (κ3) is 7.85. The minimum absolute atomic E-state index is 0.425. The molecule has 0 heterocycles. The Labute approximate surface area is 62.2 Å². The molecule has 0 rings (SSSR count). The van der Waals surface area contributed by atoms with Crippen molar-refractivity contribution in [3.05, 3.63) is 0 Å². The van der Waals surface area contributed by atoms with Gasteiger partial charge in [-0.15, -0.1) is 0 Å². The third-order valence-corrected chi connectivity index (χ3v) is 1.10. The van der Waals surface area contributed by atoms with Gasteiger partial charge in [-0.25, -0.2) is 4.39 Å². The van der Waals surface area contributed by atoms with Gasteiger partial charge in [0.25, 0.3) is 0 Å². The Kier molecular flexibility index (Phi) is 4.56. The first-order valence-corrected chi connectivity index (χ1v) is 3.60. The predicted molar refractivity (Wildman–Crippen MR) is 42.0 cm³/mol. The summed E-state index contributed by atoms with van der Waals surface area (Å²) in [6, 6.07) is 0. The van der Waals surface area contributed by atoms with Crippen LogP contribution in [0, 0.1) is 0 Å². The zero-order chi connectivity index (χ0) is 8.04.